The highest BCUT2D eigenvalue weighted by Gasteiger charge is 2.21. The summed E-state index contributed by atoms with van der Waals surface area (Å²) in [5.41, 5.74) is 6.30. The number of thiocarbonyl (C=S) groups is 1. The van der Waals surface area contributed by atoms with E-state index in [1.54, 1.807) is 12.1 Å². The zero-order valence-electron chi connectivity index (χ0n) is 10.4. The summed E-state index contributed by atoms with van der Waals surface area (Å²) in [6, 6.07) is 4.80. The van der Waals surface area contributed by atoms with E-state index in [0.717, 1.165) is 5.56 Å². The summed E-state index contributed by atoms with van der Waals surface area (Å²) < 4.78 is 18.8. The number of benzene rings is 1. The zero-order chi connectivity index (χ0) is 13.1. The van der Waals surface area contributed by atoms with E-state index in [-0.39, 0.29) is 17.0 Å². The number of halogens is 1. The minimum absolute atomic E-state index is 0.268. The summed E-state index contributed by atoms with van der Waals surface area (Å²) in [5.74, 6) is -0.0625. The number of rotatable bonds is 5. The van der Waals surface area contributed by atoms with Crippen molar-refractivity contribution in [1.29, 1.82) is 0 Å². The van der Waals surface area contributed by atoms with Gasteiger partial charge in [-0.05, 0) is 31.0 Å². The Kier molecular flexibility index (Phi) is 4.46. The third-order valence-corrected chi connectivity index (χ3v) is 3.29. The second-order valence-electron chi connectivity index (χ2n) is 4.78. The molecule has 1 aromatic rings. The number of ether oxygens (including phenoxy) is 1. The van der Waals surface area contributed by atoms with E-state index in [1.807, 2.05) is 20.8 Å². The predicted octanol–water partition coefficient (Wildman–Crippen LogP) is 3.22. The molecule has 0 saturated heterocycles. The van der Waals surface area contributed by atoms with Crippen molar-refractivity contribution in [3.05, 3.63) is 29.6 Å². The number of hydrogen-bond acceptors (Lipinski definition) is 2. The lowest BCUT2D eigenvalue weighted by Crippen LogP contribution is -2.31. The van der Waals surface area contributed by atoms with E-state index in [2.05, 4.69) is 0 Å². The molecule has 2 N–H and O–H groups in total. The minimum atomic E-state index is -0.344. The van der Waals surface area contributed by atoms with Crippen LogP contribution >= 0.6 is 12.2 Å². The molecule has 1 aromatic carbocycles. The number of nitrogens with two attached hydrogens (primary N) is 1. The van der Waals surface area contributed by atoms with Crippen LogP contribution in [-0.2, 0) is 0 Å². The Hall–Kier alpha value is -1.16. The first kappa shape index (κ1) is 13.9. The van der Waals surface area contributed by atoms with Gasteiger partial charge in [0.15, 0.2) is 11.6 Å². The lowest BCUT2D eigenvalue weighted by Gasteiger charge is -2.22. The molecule has 94 valence electrons. The van der Waals surface area contributed by atoms with Gasteiger partial charge in [-0.25, -0.2) is 4.39 Å². The van der Waals surface area contributed by atoms with Crippen molar-refractivity contribution in [1.82, 2.24) is 0 Å². The van der Waals surface area contributed by atoms with Crippen LogP contribution in [0.5, 0.6) is 5.75 Å². The number of hydrogen-bond donors (Lipinski definition) is 1. The van der Waals surface area contributed by atoms with Crippen LogP contribution in [0.25, 0.3) is 0 Å². The van der Waals surface area contributed by atoms with Crippen molar-refractivity contribution in [3.8, 4) is 5.75 Å². The third kappa shape index (κ3) is 3.97. The largest absolute Gasteiger partial charge is 0.490 e. The molecule has 1 rings (SSSR count). The standard InChI is InChI=1S/C13H18FNOS/c1-9-4-5-10(14)11(8-9)16-7-6-13(2,3)12(15)17/h4-5,8H,6-7H2,1-3H3,(H2,15,17). The molecule has 0 radical (unpaired) electrons. The first-order valence-electron chi connectivity index (χ1n) is 5.52. The lowest BCUT2D eigenvalue weighted by atomic mass is 9.90. The Morgan fingerprint density at radius 1 is 1.47 bits per heavy atom. The number of aryl methyl sites for hydroxylation is 1. The first-order chi connectivity index (χ1) is 7.83. The molecule has 0 aromatic heterocycles. The van der Waals surface area contributed by atoms with Crippen LogP contribution < -0.4 is 10.5 Å². The van der Waals surface area contributed by atoms with Gasteiger partial charge in [-0.15, -0.1) is 0 Å². The highest BCUT2D eigenvalue weighted by molar-refractivity contribution is 7.80. The molecule has 0 fully saturated rings. The molecule has 0 heterocycles. The summed E-state index contributed by atoms with van der Waals surface area (Å²) in [6.45, 7) is 6.19. The molecular formula is C13H18FNOS. The van der Waals surface area contributed by atoms with Crippen molar-refractivity contribution in [2.45, 2.75) is 27.2 Å². The van der Waals surface area contributed by atoms with Crippen LogP contribution in [0.2, 0.25) is 0 Å². The molecule has 0 amide bonds. The summed E-state index contributed by atoms with van der Waals surface area (Å²) in [7, 11) is 0. The molecule has 0 aliphatic rings. The molecule has 0 atom stereocenters. The van der Waals surface area contributed by atoms with Crippen molar-refractivity contribution in [2.24, 2.45) is 11.1 Å². The van der Waals surface area contributed by atoms with Gasteiger partial charge in [-0.1, -0.05) is 32.1 Å². The van der Waals surface area contributed by atoms with E-state index in [9.17, 15) is 4.39 Å². The molecule has 4 heteroatoms. The van der Waals surface area contributed by atoms with Gasteiger partial charge >= 0.3 is 0 Å². The maximum absolute atomic E-state index is 13.4. The molecule has 0 unspecified atom stereocenters. The van der Waals surface area contributed by atoms with Gasteiger partial charge in [0, 0.05) is 5.41 Å². The van der Waals surface area contributed by atoms with Crippen LogP contribution in [0.4, 0.5) is 4.39 Å². The topological polar surface area (TPSA) is 35.2 Å². The smallest absolute Gasteiger partial charge is 0.165 e. The van der Waals surface area contributed by atoms with Crippen LogP contribution in [0.1, 0.15) is 25.8 Å². The van der Waals surface area contributed by atoms with Gasteiger partial charge in [0.1, 0.15) is 0 Å². The monoisotopic (exact) mass is 255 g/mol. The van der Waals surface area contributed by atoms with Crippen LogP contribution in [-0.4, -0.2) is 11.6 Å². The van der Waals surface area contributed by atoms with Gasteiger partial charge in [-0.3, -0.25) is 0 Å². The maximum Gasteiger partial charge on any atom is 0.165 e. The van der Waals surface area contributed by atoms with Gasteiger partial charge in [0.05, 0.1) is 11.6 Å². The van der Waals surface area contributed by atoms with Gasteiger partial charge in [-0.2, -0.15) is 0 Å². The summed E-state index contributed by atoms with van der Waals surface area (Å²) in [4.78, 5) is 0.450. The minimum Gasteiger partial charge on any atom is -0.490 e. The second-order valence-corrected chi connectivity index (χ2v) is 5.22. The molecule has 17 heavy (non-hydrogen) atoms. The fraction of sp³-hybridized carbons (Fsp3) is 0.462. The average molecular weight is 255 g/mol. The van der Waals surface area contributed by atoms with E-state index in [4.69, 9.17) is 22.7 Å². The first-order valence-corrected chi connectivity index (χ1v) is 5.92. The Morgan fingerprint density at radius 3 is 2.71 bits per heavy atom. The van der Waals surface area contributed by atoms with E-state index in [0.29, 0.717) is 18.0 Å². The molecule has 0 bridgehead atoms. The Balaban J connectivity index is 2.57. The SMILES string of the molecule is Cc1ccc(F)c(OCCC(C)(C)C(N)=S)c1. The summed E-state index contributed by atoms with van der Waals surface area (Å²) >= 11 is 4.96. The Bertz CT molecular complexity index is 418. The lowest BCUT2D eigenvalue weighted by molar-refractivity contribution is 0.260. The normalized spacial score (nSPS) is 11.3. The van der Waals surface area contributed by atoms with Crippen LogP contribution in [0.3, 0.4) is 0 Å². The van der Waals surface area contributed by atoms with Crippen molar-refractivity contribution in [3.63, 3.8) is 0 Å². The molecule has 0 aliphatic carbocycles. The molecular weight excluding hydrogens is 237 g/mol. The fourth-order valence-corrected chi connectivity index (χ4v) is 1.36. The van der Waals surface area contributed by atoms with Crippen LogP contribution in [0.15, 0.2) is 18.2 Å². The van der Waals surface area contributed by atoms with Gasteiger partial charge in [0.2, 0.25) is 0 Å². The van der Waals surface area contributed by atoms with Crippen LogP contribution in [0, 0.1) is 18.2 Å². The third-order valence-electron chi connectivity index (χ3n) is 2.74. The Morgan fingerprint density at radius 2 is 2.12 bits per heavy atom. The quantitative estimate of drug-likeness (QED) is 0.821. The molecule has 0 spiro atoms. The van der Waals surface area contributed by atoms with E-state index < -0.39 is 0 Å². The maximum atomic E-state index is 13.4. The second kappa shape index (κ2) is 5.45. The predicted molar refractivity (Wildman–Crippen MR) is 71.8 cm³/mol. The van der Waals surface area contributed by atoms with Crippen molar-refractivity contribution >= 4 is 17.2 Å². The van der Waals surface area contributed by atoms with Gasteiger partial charge < -0.3 is 10.5 Å². The zero-order valence-corrected chi connectivity index (χ0v) is 11.2. The summed E-state index contributed by atoms with van der Waals surface area (Å²) in [5, 5.41) is 0. The average Bonchev–Trinajstić information content (AvgIpc) is 2.22. The van der Waals surface area contributed by atoms with E-state index in [1.165, 1.54) is 6.07 Å². The molecule has 0 saturated carbocycles. The summed E-state index contributed by atoms with van der Waals surface area (Å²) in [6.07, 6.45) is 0.662. The highest BCUT2D eigenvalue weighted by atomic mass is 32.1. The highest BCUT2D eigenvalue weighted by Crippen LogP contribution is 2.23. The van der Waals surface area contributed by atoms with Gasteiger partial charge in [0.25, 0.3) is 0 Å². The van der Waals surface area contributed by atoms with E-state index >= 15 is 0 Å². The van der Waals surface area contributed by atoms with Crippen molar-refractivity contribution < 1.29 is 9.13 Å². The molecule has 0 aliphatic heterocycles. The fourth-order valence-electron chi connectivity index (χ4n) is 1.26. The van der Waals surface area contributed by atoms with Crippen molar-refractivity contribution in [2.75, 3.05) is 6.61 Å². The molecule has 2 nitrogen and oxygen atoms in total. The Labute approximate surface area is 107 Å².